The lowest BCUT2D eigenvalue weighted by Gasteiger charge is -2.33. The number of nitrogens with zero attached hydrogens (tertiary/aromatic N) is 1. The van der Waals surface area contributed by atoms with Gasteiger partial charge in [-0.1, -0.05) is 6.07 Å². The van der Waals surface area contributed by atoms with Crippen molar-refractivity contribution in [3.63, 3.8) is 0 Å². The van der Waals surface area contributed by atoms with Gasteiger partial charge in [0.1, 0.15) is 6.04 Å². The first kappa shape index (κ1) is 14.5. The van der Waals surface area contributed by atoms with Crippen LogP contribution in [-0.2, 0) is 6.42 Å². The predicted molar refractivity (Wildman–Crippen MR) is 64.1 cm³/mol. The molecule has 0 saturated heterocycles. The second kappa shape index (κ2) is 5.84. The zero-order valence-corrected chi connectivity index (χ0v) is 10.7. The second-order valence-electron chi connectivity index (χ2n) is 4.09. The molecular formula is C11H17F3N2S. The molecule has 1 rings (SSSR count). The predicted octanol–water partition coefficient (Wildman–Crippen LogP) is 2.50. The normalized spacial score (nSPS) is 16.2. The first-order chi connectivity index (χ1) is 7.86. The summed E-state index contributed by atoms with van der Waals surface area (Å²) in [5, 5.41) is 1.92. The molecule has 6 heteroatoms. The van der Waals surface area contributed by atoms with Crippen LogP contribution >= 0.6 is 11.3 Å². The van der Waals surface area contributed by atoms with Gasteiger partial charge >= 0.3 is 6.18 Å². The van der Waals surface area contributed by atoms with E-state index in [2.05, 4.69) is 0 Å². The summed E-state index contributed by atoms with van der Waals surface area (Å²) in [5.74, 6) is 0. The Bertz CT molecular complexity index is 324. The summed E-state index contributed by atoms with van der Waals surface area (Å²) in [7, 11) is 1.48. The number of thiophene rings is 1. The fourth-order valence-corrected chi connectivity index (χ4v) is 2.53. The summed E-state index contributed by atoms with van der Waals surface area (Å²) in [6.45, 7) is 1.38. The minimum absolute atomic E-state index is 0.191. The van der Waals surface area contributed by atoms with Gasteiger partial charge < -0.3 is 5.73 Å². The molecule has 17 heavy (non-hydrogen) atoms. The Morgan fingerprint density at radius 2 is 2.12 bits per heavy atom. The molecule has 0 aliphatic rings. The molecule has 0 saturated carbocycles. The zero-order valence-electron chi connectivity index (χ0n) is 9.87. The van der Waals surface area contributed by atoms with Gasteiger partial charge in [0.15, 0.2) is 0 Å². The number of hydrogen-bond donors (Lipinski definition) is 1. The maximum absolute atomic E-state index is 12.7. The molecular weight excluding hydrogens is 249 g/mol. The SMILES string of the molecule is CC(Cc1cccs1)N(C)C(CN)C(F)(F)F. The summed E-state index contributed by atoms with van der Waals surface area (Å²) in [6.07, 6.45) is -3.66. The van der Waals surface area contributed by atoms with Crippen molar-refractivity contribution in [2.75, 3.05) is 13.6 Å². The minimum Gasteiger partial charge on any atom is -0.329 e. The molecule has 0 bridgehead atoms. The van der Waals surface area contributed by atoms with Gasteiger partial charge in [-0.2, -0.15) is 13.2 Å². The number of likely N-dealkylation sites (N-methyl/N-ethyl adjacent to an activating group) is 1. The summed E-state index contributed by atoms with van der Waals surface area (Å²) in [4.78, 5) is 2.39. The molecule has 0 aliphatic carbocycles. The molecule has 2 unspecified atom stereocenters. The highest BCUT2D eigenvalue weighted by Crippen LogP contribution is 2.25. The van der Waals surface area contributed by atoms with E-state index in [0.717, 1.165) is 4.88 Å². The standard InChI is InChI=1S/C11H17F3N2S/c1-8(6-9-4-3-5-17-9)16(2)10(7-15)11(12,13)14/h3-5,8,10H,6-7,15H2,1-2H3. The van der Waals surface area contributed by atoms with Crippen LogP contribution in [0.1, 0.15) is 11.8 Å². The van der Waals surface area contributed by atoms with Gasteiger partial charge in [-0.15, -0.1) is 11.3 Å². The number of rotatable bonds is 5. The van der Waals surface area contributed by atoms with Gasteiger partial charge in [-0.3, -0.25) is 4.90 Å². The molecule has 2 atom stereocenters. The topological polar surface area (TPSA) is 29.3 Å². The molecule has 0 radical (unpaired) electrons. The summed E-state index contributed by atoms with van der Waals surface area (Å²) in [6, 6.07) is 2.07. The molecule has 0 fully saturated rings. The van der Waals surface area contributed by atoms with Crippen LogP contribution in [0.2, 0.25) is 0 Å². The minimum atomic E-state index is -4.27. The van der Waals surface area contributed by atoms with E-state index >= 15 is 0 Å². The highest BCUT2D eigenvalue weighted by molar-refractivity contribution is 7.09. The van der Waals surface area contributed by atoms with Crippen LogP contribution in [-0.4, -0.2) is 36.8 Å². The van der Waals surface area contributed by atoms with Crippen LogP contribution in [0.4, 0.5) is 13.2 Å². The van der Waals surface area contributed by atoms with Crippen molar-refractivity contribution in [1.82, 2.24) is 4.90 Å². The highest BCUT2D eigenvalue weighted by Gasteiger charge is 2.42. The van der Waals surface area contributed by atoms with Crippen molar-refractivity contribution in [2.45, 2.75) is 31.6 Å². The first-order valence-electron chi connectivity index (χ1n) is 5.37. The lowest BCUT2D eigenvalue weighted by Crippen LogP contribution is -2.52. The fourth-order valence-electron chi connectivity index (χ4n) is 1.70. The van der Waals surface area contributed by atoms with Crippen molar-refractivity contribution in [3.05, 3.63) is 22.4 Å². The van der Waals surface area contributed by atoms with Gasteiger partial charge in [0.25, 0.3) is 0 Å². The van der Waals surface area contributed by atoms with Crippen LogP contribution in [0.3, 0.4) is 0 Å². The number of halogens is 3. The van der Waals surface area contributed by atoms with Crippen LogP contribution in [0.25, 0.3) is 0 Å². The van der Waals surface area contributed by atoms with Gasteiger partial charge in [-0.25, -0.2) is 0 Å². The van der Waals surface area contributed by atoms with Crippen molar-refractivity contribution in [1.29, 1.82) is 0 Å². The Morgan fingerprint density at radius 1 is 1.47 bits per heavy atom. The van der Waals surface area contributed by atoms with Crippen molar-refractivity contribution in [3.8, 4) is 0 Å². The van der Waals surface area contributed by atoms with E-state index in [9.17, 15) is 13.2 Å². The smallest absolute Gasteiger partial charge is 0.329 e. The van der Waals surface area contributed by atoms with E-state index in [1.807, 2.05) is 17.5 Å². The van der Waals surface area contributed by atoms with E-state index in [0.29, 0.717) is 6.42 Å². The van der Waals surface area contributed by atoms with Crippen molar-refractivity contribution < 1.29 is 13.2 Å². The van der Waals surface area contributed by atoms with Crippen LogP contribution in [0, 0.1) is 0 Å². The molecule has 2 nitrogen and oxygen atoms in total. The molecule has 1 aromatic heterocycles. The molecule has 1 heterocycles. The highest BCUT2D eigenvalue weighted by atomic mass is 32.1. The Hall–Kier alpha value is -0.590. The first-order valence-corrected chi connectivity index (χ1v) is 6.25. The van der Waals surface area contributed by atoms with E-state index in [4.69, 9.17) is 5.73 Å². The molecule has 0 amide bonds. The fraction of sp³-hybridized carbons (Fsp3) is 0.636. The molecule has 98 valence electrons. The van der Waals surface area contributed by atoms with E-state index in [1.165, 1.54) is 11.9 Å². The maximum atomic E-state index is 12.7. The molecule has 1 aromatic rings. The average Bonchev–Trinajstić information content (AvgIpc) is 2.69. The van der Waals surface area contributed by atoms with E-state index < -0.39 is 18.8 Å². The van der Waals surface area contributed by atoms with Gasteiger partial charge in [0.05, 0.1) is 0 Å². The van der Waals surface area contributed by atoms with Crippen LogP contribution in [0.15, 0.2) is 17.5 Å². The van der Waals surface area contributed by atoms with Gasteiger partial charge in [-0.05, 0) is 31.8 Å². The number of nitrogens with two attached hydrogens (primary N) is 1. The van der Waals surface area contributed by atoms with E-state index in [1.54, 1.807) is 18.3 Å². The molecule has 2 N–H and O–H groups in total. The lowest BCUT2D eigenvalue weighted by atomic mass is 10.1. The average molecular weight is 266 g/mol. The largest absolute Gasteiger partial charge is 0.405 e. The summed E-state index contributed by atoms with van der Waals surface area (Å²) >= 11 is 1.56. The summed E-state index contributed by atoms with van der Waals surface area (Å²) in [5.41, 5.74) is 5.21. The zero-order chi connectivity index (χ0) is 13.1. The Labute approximate surface area is 103 Å². The maximum Gasteiger partial charge on any atom is 0.405 e. The summed E-state index contributed by atoms with van der Waals surface area (Å²) < 4.78 is 38.1. The Morgan fingerprint density at radius 3 is 2.53 bits per heavy atom. The third-order valence-electron chi connectivity index (χ3n) is 2.86. The second-order valence-corrected chi connectivity index (χ2v) is 5.12. The van der Waals surface area contributed by atoms with Crippen LogP contribution < -0.4 is 5.73 Å². The quantitative estimate of drug-likeness (QED) is 0.887. The molecule has 0 aromatic carbocycles. The van der Waals surface area contributed by atoms with Crippen LogP contribution in [0.5, 0.6) is 0 Å². The van der Waals surface area contributed by atoms with Gasteiger partial charge in [0.2, 0.25) is 0 Å². The third kappa shape index (κ3) is 3.97. The number of hydrogen-bond acceptors (Lipinski definition) is 3. The Balaban J connectivity index is 2.64. The number of alkyl halides is 3. The van der Waals surface area contributed by atoms with Gasteiger partial charge in [0, 0.05) is 17.5 Å². The monoisotopic (exact) mass is 266 g/mol. The lowest BCUT2D eigenvalue weighted by molar-refractivity contribution is -0.182. The van der Waals surface area contributed by atoms with Crippen molar-refractivity contribution >= 4 is 11.3 Å². The third-order valence-corrected chi connectivity index (χ3v) is 3.76. The molecule has 0 aliphatic heterocycles. The molecule has 0 spiro atoms. The Kier molecular flexibility index (Phi) is 4.97. The van der Waals surface area contributed by atoms with E-state index in [-0.39, 0.29) is 6.04 Å². The van der Waals surface area contributed by atoms with Crippen molar-refractivity contribution in [2.24, 2.45) is 5.73 Å².